The van der Waals surface area contributed by atoms with E-state index in [9.17, 15) is 4.79 Å². The minimum atomic E-state index is -0.278. The molecule has 0 bridgehead atoms. The second-order valence-corrected chi connectivity index (χ2v) is 6.75. The zero-order chi connectivity index (χ0) is 14.5. The minimum Gasteiger partial charge on any atom is -0.325 e. The topological polar surface area (TPSA) is 29.1 Å². The third-order valence-corrected chi connectivity index (χ3v) is 4.24. The third-order valence-electron chi connectivity index (χ3n) is 2.72. The molecule has 2 aromatic carbocycles. The first kappa shape index (κ1) is 15.5. The summed E-state index contributed by atoms with van der Waals surface area (Å²) in [6, 6.07) is 15.0. The number of anilines is 1. The maximum atomic E-state index is 12.1. The number of halogens is 3. The molecule has 0 spiro atoms. The molecule has 0 radical (unpaired) electrons. The lowest BCUT2D eigenvalue weighted by Gasteiger charge is -2.11. The van der Waals surface area contributed by atoms with Crippen LogP contribution in [0.15, 0.2) is 53.0 Å². The van der Waals surface area contributed by atoms with Gasteiger partial charge < -0.3 is 5.32 Å². The van der Waals surface area contributed by atoms with E-state index in [4.69, 9.17) is 11.6 Å². The summed E-state index contributed by atoms with van der Waals surface area (Å²) in [4.78, 5) is 11.8. The van der Waals surface area contributed by atoms with Crippen molar-refractivity contribution in [2.75, 3.05) is 5.32 Å². The molecule has 1 N–H and O–H groups in total. The highest BCUT2D eigenvalue weighted by atomic mass is 79.9. The van der Waals surface area contributed by atoms with Gasteiger partial charge in [-0.05, 0) is 48.4 Å². The van der Waals surface area contributed by atoms with E-state index in [1.807, 2.05) is 24.3 Å². The molecule has 0 saturated heterocycles. The second kappa shape index (κ2) is 7.25. The summed E-state index contributed by atoms with van der Waals surface area (Å²) in [6.45, 7) is 0. The first-order chi connectivity index (χ1) is 9.54. The van der Waals surface area contributed by atoms with Gasteiger partial charge in [0, 0.05) is 15.2 Å². The van der Waals surface area contributed by atoms with Crippen molar-refractivity contribution < 1.29 is 4.79 Å². The molecule has 1 atom stereocenters. The van der Waals surface area contributed by atoms with Gasteiger partial charge in [0.1, 0.15) is 0 Å². The van der Waals surface area contributed by atoms with E-state index in [2.05, 4.69) is 37.2 Å². The van der Waals surface area contributed by atoms with Crippen molar-refractivity contribution in [2.45, 2.75) is 11.2 Å². The van der Waals surface area contributed by atoms with Gasteiger partial charge >= 0.3 is 0 Å². The average molecular weight is 418 g/mol. The molecule has 5 heteroatoms. The van der Waals surface area contributed by atoms with Crippen LogP contribution in [0, 0.1) is 0 Å². The van der Waals surface area contributed by atoms with E-state index < -0.39 is 0 Å². The summed E-state index contributed by atoms with van der Waals surface area (Å²) in [5.41, 5.74) is 1.83. The van der Waals surface area contributed by atoms with Crippen LogP contribution in [0.4, 0.5) is 5.69 Å². The number of benzene rings is 2. The lowest BCUT2D eigenvalue weighted by Crippen LogP contribution is -2.24. The first-order valence-electron chi connectivity index (χ1n) is 5.99. The molecule has 104 valence electrons. The maximum absolute atomic E-state index is 12.1. The molecule has 0 fully saturated rings. The Morgan fingerprint density at radius 3 is 2.30 bits per heavy atom. The van der Waals surface area contributed by atoms with E-state index in [1.54, 1.807) is 24.3 Å². The van der Waals surface area contributed by atoms with E-state index >= 15 is 0 Å². The normalized spacial score (nSPS) is 11.9. The Balaban J connectivity index is 1.94. The predicted octanol–water partition coefficient (Wildman–Crippen LogP) is 5.05. The van der Waals surface area contributed by atoms with Gasteiger partial charge in [-0.1, -0.05) is 55.6 Å². The van der Waals surface area contributed by atoms with E-state index in [1.165, 1.54) is 0 Å². The smallest absolute Gasteiger partial charge is 0.238 e. The van der Waals surface area contributed by atoms with Gasteiger partial charge in [-0.2, -0.15) is 0 Å². The zero-order valence-electron chi connectivity index (χ0n) is 10.4. The Kier molecular flexibility index (Phi) is 5.64. The molecule has 1 amide bonds. The van der Waals surface area contributed by atoms with E-state index in [-0.39, 0.29) is 10.7 Å². The number of carbonyl (C=O) groups excluding carboxylic acids is 1. The monoisotopic (exact) mass is 415 g/mol. The number of hydrogen-bond acceptors (Lipinski definition) is 1. The molecule has 0 aliphatic carbocycles. The van der Waals surface area contributed by atoms with Crippen molar-refractivity contribution in [1.29, 1.82) is 0 Å². The number of carbonyl (C=O) groups is 1. The fourth-order valence-electron chi connectivity index (χ4n) is 1.67. The summed E-state index contributed by atoms with van der Waals surface area (Å²) in [5.74, 6) is -0.0739. The fraction of sp³-hybridized carbons (Fsp3) is 0.133. The largest absolute Gasteiger partial charge is 0.325 e. The molecule has 0 aliphatic rings. The zero-order valence-corrected chi connectivity index (χ0v) is 14.4. The van der Waals surface area contributed by atoms with Crippen LogP contribution >= 0.6 is 43.5 Å². The van der Waals surface area contributed by atoms with Crippen molar-refractivity contribution in [3.63, 3.8) is 0 Å². The van der Waals surface area contributed by atoms with Crippen molar-refractivity contribution in [2.24, 2.45) is 0 Å². The van der Waals surface area contributed by atoms with Crippen molar-refractivity contribution in [3.05, 3.63) is 63.6 Å². The quantitative estimate of drug-likeness (QED) is 0.694. The minimum absolute atomic E-state index is 0.0739. The maximum Gasteiger partial charge on any atom is 0.238 e. The van der Waals surface area contributed by atoms with Gasteiger partial charge in [-0.15, -0.1) is 0 Å². The molecule has 0 aliphatic heterocycles. The van der Waals surface area contributed by atoms with Gasteiger partial charge in [0.15, 0.2) is 0 Å². The second-order valence-electron chi connectivity index (χ2n) is 4.29. The van der Waals surface area contributed by atoms with Gasteiger partial charge in [0.25, 0.3) is 0 Å². The highest BCUT2D eigenvalue weighted by molar-refractivity contribution is 9.10. The van der Waals surface area contributed by atoms with E-state index in [0.29, 0.717) is 11.4 Å². The Labute approximate surface area is 139 Å². The summed E-state index contributed by atoms with van der Waals surface area (Å²) in [6.07, 6.45) is 0.632. The number of nitrogens with one attached hydrogen (secondary N) is 1. The molecule has 20 heavy (non-hydrogen) atoms. The SMILES string of the molecule is O=C(Nc1ccc(Cl)cc1)[C@H](Br)Cc1ccc(Br)cc1. The van der Waals surface area contributed by atoms with Crippen LogP contribution in [-0.2, 0) is 11.2 Å². The Bertz CT molecular complexity index is 584. The van der Waals surface area contributed by atoms with Crippen LogP contribution in [0.1, 0.15) is 5.56 Å². The Hall–Kier alpha value is -0.840. The Morgan fingerprint density at radius 2 is 1.70 bits per heavy atom. The molecular formula is C15H12Br2ClNO. The standard InChI is InChI=1S/C15H12Br2ClNO/c16-11-3-1-10(2-4-11)9-14(17)15(20)19-13-7-5-12(18)6-8-13/h1-8,14H,9H2,(H,19,20)/t14-/m1/s1. The van der Waals surface area contributed by atoms with Crippen LogP contribution < -0.4 is 5.32 Å². The molecule has 0 heterocycles. The summed E-state index contributed by atoms with van der Waals surface area (Å²) >= 11 is 12.6. The van der Waals surface area contributed by atoms with Gasteiger partial charge in [0.05, 0.1) is 4.83 Å². The van der Waals surface area contributed by atoms with Crippen LogP contribution in [-0.4, -0.2) is 10.7 Å². The molecule has 0 aromatic heterocycles. The molecule has 0 unspecified atom stereocenters. The van der Waals surface area contributed by atoms with Crippen LogP contribution in [0.25, 0.3) is 0 Å². The molecule has 0 saturated carbocycles. The number of hydrogen-bond donors (Lipinski definition) is 1. The van der Waals surface area contributed by atoms with Gasteiger partial charge in [0.2, 0.25) is 5.91 Å². The first-order valence-corrected chi connectivity index (χ1v) is 8.08. The summed E-state index contributed by atoms with van der Waals surface area (Å²) in [7, 11) is 0. The van der Waals surface area contributed by atoms with Crippen molar-refractivity contribution >= 4 is 55.1 Å². The van der Waals surface area contributed by atoms with E-state index in [0.717, 1.165) is 15.7 Å². The number of alkyl halides is 1. The fourth-order valence-corrected chi connectivity index (χ4v) is 2.55. The molecular weight excluding hydrogens is 405 g/mol. The lowest BCUT2D eigenvalue weighted by molar-refractivity contribution is -0.115. The lowest BCUT2D eigenvalue weighted by atomic mass is 10.1. The predicted molar refractivity (Wildman–Crippen MR) is 90.6 cm³/mol. The van der Waals surface area contributed by atoms with Crippen LogP contribution in [0.2, 0.25) is 5.02 Å². The van der Waals surface area contributed by atoms with Crippen molar-refractivity contribution in [3.8, 4) is 0 Å². The molecule has 2 nitrogen and oxygen atoms in total. The van der Waals surface area contributed by atoms with Crippen LogP contribution in [0.3, 0.4) is 0 Å². The highest BCUT2D eigenvalue weighted by Gasteiger charge is 2.15. The average Bonchev–Trinajstić information content (AvgIpc) is 2.44. The summed E-state index contributed by atoms with van der Waals surface area (Å²) in [5, 5.41) is 3.49. The molecule has 2 aromatic rings. The van der Waals surface area contributed by atoms with Crippen LogP contribution in [0.5, 0.6) is 0 Å². The van der Waals surface area contributed by atoms with Gasteiger partial charge in [-0.25, -0.2) is 0 Å². The Morgan fingerprint density at radius 1 is 1.10 bits per heavy atom. The number of amides is 1. The van der Waals surface area contributed by atoms with Crippen molar-refractivity contribution in [1.82, 2.24) is 0 Å². The highest BCUT2D eigenvalue weighted by Crippen LogP contribution is 2.17. The summed E-state index contributed by atoms with van der Waals surface area (Å²) < 4.78 is 1.03. The molecule has 2 rings (SSSR count). The number of rotatable bonds is 4. The van der Waals surface area contributed by atoms with Gasteiger partial charge in [-0.3, -0.25) is 4.79 Å². The third kappa shape index (κ3) is 4.62.